The molecule has 0 rings (SSSR count). The molecule has 0 aliphatic carbocycles. The number of phosphoric acid groups is 1. The monoisotopic (exact) mass is 808 g/mol. The Bertz CT molecular complexity index is 1040. The molecule has 0 heterocycles. The van der Waals surface area contributed by atoms with Gasteiger partial charge in [-0.05, 0) is 38.5 Å². The minimum atomic E-state index is -4.30. The fraction of sp³-hybridized carbons (Fsp3) is 0.766. The highest BCUT2D eigenvalue weighted by atomic mass is 31.2. The Morgan fingerprint density at radius 2 is 0.929 bits per heavy atom. The van der Waals surface area contributed by atoms with Crippen LogP contribution in [-0.4, -0.2) is 49.9 Å². The number of allylic oxidation sites excluding steroid dienone is 9. The molecule has 56 heavy (non-hydrogen) atoms. The molecule has 0 fully saturated rings. The highest BCUT2D eigenvalue weighted by molar-refractivity contribution is 7.47. The standard InChI is InChI=1S/C47H86NO7P/c1-3-5-7-9-11-13-15-17-19-20-21-22-23-24-25-27-29-31-33-35-37-39-42-52-44-46(45-54-56(50,51)53-43-41-48)55-47(49)40-38-36-34-32-30-28-26-18-16-14-12-10-8-6-4-2/h6,8,12,14,18,26,30,32,36,38,46H,3-5,7,9-11,13,15-17,19-25,27-29,31,33-35,37,39-45,48H2,1-2H3,(H,50,51)/b8-6-,14-12-,26-18-,32-30-,38-36-. The summed E-state index contributed by atoms with van der Waals surface area (Å²) in [7, 11) is -4.30. The minimum Gasteiger partial charge on any atom is -0.457 e. The van der Waals surface area contributed by atoms with Gasteiger partial charge in [-0.1, -0.05) is 209 Å². The summed E-state index contributed by atoms with van der Waals surface area (Å²) in [6, 6.07) is 0. The van der Waals surface area contributed by atoms with Crippen LogP contribution in [0, 0.1) is 0 Å². The third-order valence-corrected chi connectivity index (χ3v) is 10.5. The van der Waals surface area contributed by atoms with Gasteiger partial charge in [-0.3, -0.25) is 13.8 Å². The van der Waals surface area contributed by atoms with Gasteiger partial charge in [0.05, 0.1) is 26.2 Å². The molecule has 8 nitrogen and oxygen atoms in total. The molecular formula is C47H86NO7P. The topological polar surface area (TPSA) is 117 Å². The van der Waals surface area contributed by atoms with Gasteiger partial charge in [0.15, 0.2) is 0 Å². The molecule has 326 valence electrons. The third-order valence-electron chi connectivity index (χ3n) is 9.48. The van der Waals surface area contributed by atoms with E-state index in [4.69, 9.17) is 24.3 Å². The number of carbonyl (C=O) groups is 1. The van der Waals surface area contributed by atoms with Gasteiger partial charge >= 0.3 is 13.8 Å². The molecule has 0 aromatic rings. The first kappa shape index (κ1) is 54.2. The van der Waals surface area contributed by atoms with Crippen molar-refractivity contribution < 1.29 is 32.8 Å². The van der Waals surface area contributed by atoms with Gasteiger partial charge in [-0.2, -0.15) is 0 Å². The summed E-state index contributed by atoms with van der Waals surface area (Å²) in [5.41, 5.74) is 5.36. The van der Waals surface area contributed by atoms with E-state index in [1.165, 1.54) is 128 Å². The van der Waals surface area contributed by atoms with Crippen molar-refractivity contribution in [2.45, 2.75) is 200 Å². The van der Waals surface area contributed by atoms with E-state index in [2.05, 4.69) is 62.5 Å². The average Bonchev–Trinajstić information content (AvgIpc) is 3.19. The van der Waals surface area contributed by atoms with Crippen molar-refractivity contribution in [2.75, 3.05) is 33.0 Å². The smallest absolute Gasteiger partial charge is 0.457 e. The van der Waals surface area contributed by atoms with Gasteiger partial charge in [0.25, 0.3) is 0 Å². The van der Waals surface area contributed by atoms with Crippen LogP contribution in [0.1, 0.15) is 194 Å². The highest BCUT2D eigenvalue weighted by Gasteiger charge is 2.25. The molecule has 0 saturated carbocycles. The molecule has 0 spiro atoms. The molecule has 0 aromatic carbocycles. The van der Waals surface area contributed by atoms with Crippen LogP contribution in [0.25, 0.3) is 0 Å². The van der Waals surface area contributed by atoms with Gasteiger partial charge in [-0.15, -0.1) is 0 Å². The van der Waals surface area contributed by atoms with Crippen molar-refractivity contribution in [2.24, 2.45) is 5.73 Å². The lowest BCUT2D eigenvalue weighted by molar-refractivity contribution is -0.153. The lowest BCUT2D eigenvalue weighted by atomic mass is 10.0. The molecule has 2 atom stereocenters. The van der Waals surface area contributed by atoms with E-state index >= 15 is 0 Å². The maximum atomic E-state index is 12.5. The van der Waals surface area contributed by atoms with Gasteiger partial charge in [0.2, 0.25) is 0 Å². The van der Waals surface area contributed by atoms with Gasteiger partial charge in [0, 0.05) is 13.2 Å². The van der Waals surface area contributed by atoms with E-state index in [0.717, 1.165) is 38.5 Å². The van der Waals surface area contributed by atoms with E-state index in [0.29, 0.717) is 13.0 Å². The van der Waals surface area contributed by atoms with Crippen molar-refractivity contribution >= 4 is 13.8 Å². The molecule has 3 N–H and O–H groups in total. The molecule has 2 unspecified atom stereocenters. The Morgan fingerprint density at radius 1 is 0.536 bits per heavy atom. The SMILES string of the molecule is CC/C=C\C/C=C\C/C=C\C/C=C\C/C=C\CC(=O)OC(COCCCCCCCCCCCCCCCCCCCCCCCC)COP(=O)(O)OCCN. The fourth-order valence-corrected chi connectivity index (χ4v) is 6.96. The summed E-state index contributed by atoms with van der Waals surface area (Å²) < 4.78 is 33.3. The second-order valence-corrected chi connectivity index (χ2v) is 16.4. The highest BCUT2D eigenvalue weighted by Crippen LogP contribution is 2.43. The number of esters is 1. The third kappa shape index (κ3) is 43.3. The lowest BCUT2D eigenvalue weighted by Crippen LogP contribution is -2.28. The summed E-state index contributed by atoms with van der Waals surface area (Å²) in [5, 5.41) is 0. The summed E-state index contributed by atoms with van der Waals surface area (Å²) in [5.74, 6) is -0.455. The zero-order valence-corrected chi connectivity index (χ0v) is 37.0. The Hall–Kier alpha value is -1.80. The summed E-state index contributed by atoms with van der Waals surface area (Å²) >= 11 is 0. The van der Waals surface area contributed by atoms with Crippen LogP contribution >= 0.6 is 7.82 Å². The van der Waals surface area contributed by atoms with Crippen LogP contribution in [0.3, 0.4) is 0 Å². The molecule has 0 radical (unpaired) electrons. The van der Waals surface area contributed by atoms with Crippen LogP contribution in [0.15, 0.2) is 60.8 Å². The predicted molar refractivity (Wildman–Crippen MR) is 238 cm³/mol. The number of hydrogen-bond acceptors (Lipinski definition) is 7. The summed E-state index contributed by atoms with van der Waals surface area (Å²) in [6.07, 6.45) is 54.3. The lowest BCUT2D eigenvalue weighted by Gasteiger charge is -2.19. The van der Waals surface area contributed by atoms with E-state index in [9.17, 15) is 14.3 Å². The Kier molecular flexibility index (Phi) is 42.9. The van der Waals surface area contributed by atoms with E-state index < -0.39 is 19.9 Å². The quantitative estimate of drug-likeness (QED) is 0.0271. The van der Waals surface area contributed by atoms with Crippen molar-refractivity contribution in [3.63, 3.8) is 0 Å². The van der Waals surface area contributed by atoms with Crippen molar-refractivity contribution in [1.82, 2.24) is 0 Å². The number of phosphoric ester groups is 1. The van der Waals surface area contributed by atoms with E-state index in [1.54, 1.807) is 6.08 Å². The molecule has 0 saturated heterocycles. The maximum Gasteiger partial charge on any atom is 0.472 e. The second-order valence-electron chi connectivity index (χ2n) is 14.9. The average molecular weight is 808 g/mol. The minimum absolute atomic E-state index is 0.0769. The zero-order chi connectivity index (χ0) is 40.9. The molecule has 9 heteroatoms. The Labute approximate surface area is 344 Å². The number of rotatable bonds is 43. The normalized spacial score (nSPS) is 14.0. The number of hydrogen-bond donors (Lipinski definition) is 2. The Morgan fingerprint density at radius 3 is 1.34 bits per heavy atom. The van der Waals surface area contributed by atoms with Crippen LogP contribution in [0.5, 0.6) is 0 Å². The maximum absolute atomic E-state index is 12.5. The van der Waals surface area contributed by atoms with Gasteiger partial charge in [-0.25, -0.2) is 4.57 Å². The first-order chi connectivity index (χ1) is 27.4. The fourth-order valence-electron chi connectivity index (χ4n) is 6.19. The van der Waals surface area contributed by atoms with Crippen LogP contribution < -0.4 is 5.73 Å². The van der Waals surface area contributed by atoms with E-state index in [-0.39, 0.29) is 32.8 Å². The molecule has 0 aromatic heterocycles. The molecule has 0 aliphatic rings. The zero-order valence-electron chi connectivity index (χ0n) is 36.1. The van der Waals surface area contributed by atoms with Crippen LogP contribution in [0.4, 0.5) is 0 Å². The first-order valence-electron chi connectivity index (χ1n) is 22.8. The van der Waals surface area contributed by atoms with E-state index in [1.807, 2.05) is 6.08 Å². The molecule has 0 amide bonds. The largest absolute Gasteiger partial charge is 0.472 e. The van der Waals surface area contributed by atoms with Crippen molar-refractivity contribution in [1.29, 1.82) is 0 Å². The first-order valence-corrected chi connectivity index (χ1v) is 24.3. The summed E-state index contributed by atoms with van der Waals surface area (Å²) in [6.45, 7) is 4.69. The Balaban J connectivity index is 4.04. The number of nitrogens with two attached hydrogens (primary N) is 1. The van der Waals surface area contributed by atoms with Gasteiger partial charge in [0.1, 0.15) is 6.10 Å². The van der Waals surface area contributed by atoms with Crippen LogP contribution in [-0.2, 0) is 27.9 Å². The van der Waals surface area contributed by atoms with Crippen molar-refractivity contribution in [3.05, 3.63) is 60.8 Å². The molecule has 0 aliphatic heterocycles. The predicted octanol–water partition coefficient (Wildman–Crippen LogP) is 13.8. The van der Waals surface area contributed by atoms with Crippen molar-refractivity contribution in [3.8, 4) is 0 Å². The number of unbranched alkanes of at least 4 members (excludes halogenated alkanes) is 21. The molecule has 0 bridgehead atoms. The number of carbonyl (C=O) groups excluding carboxylic acids is 1. The number of ether oxygens (including phenoxy) is 2. The summed E-state index contributed by atoms with van der Waals surface area (Å²) in [4.78, 5) is 22.4. The van der Waals surface area contributed by atoms with Crippen LogP contribution in [0.2, 0.25) is 0 Å². The molecular weight excluding hydrogens is 721 g/mol. The van der Waals surface area contributed by atoms with Gasteiger partial charge < -0.3 is 20.1 Å². The second kappa shape index (κ2) is 44.3.